The van der Waals surface area contributed by atoms with Crippen LogP contribution in [0.15, 0.2) is 42.9 Å². The second-order valence-corrected chi connectivity index (χ2v) is 7.74. The lowest BCUT2D eigenvalue weighted by Gasteiger charge is -2.11. The molecule has 1 aromatic carbocycles. The summed E-state index contributed by atoms with van der Waals surface area (Å²) in [6, 6.07) is 5.26. The molecular formula is C23H19F5N4O3. The fourth-order valence-corrected chi connectivity index (χ4v) is 3.55. The molecule has 3 heterocycles. The number of aryl methyl sites for hydroxylation is 2. The van der Waals surface area contributed by atoms with Gasteiger partial charge in [0.2, 0.25) is 0 Å². The van der Waals surface area contributed by atoms with Crippen molar-refractivity contribution < 1.29 is 36.2 Å². The van der Waals surface area contributed by atoms with Crippen molar-refractivity contribution in [2.45, 2.75) is 33.2 Å². The number of halogens is 5. The van der Waals surface area contributed by atoms with Crippen LogP contribution in [0.2, 0.25) is 0 Å². The predicted octanol–water partition coefficient (Wildman–Crippen LogP) is 4.78. The number of ether oxygens (including phenoxy) is 2. The fourth-order valence-electron chi connectivity index (χ4n) is 3.55. The summed E-state index contributed by atoms with van der Waals surface area (Å²) in [5.74, 6) is -3.39. The van der Waals surface area contributed by atoms with Crippen LogP contribution in [0.4, 0.5) is 22.0 Å². The van der Waals surface area contributed by atoms with E-state index in [0.29, 0.717) is 28.3 Å². The van der Waals surface area contributed by atoms with E-state index in [-0.39, 0.29) is 18.7 Å². The Labute approximate surface area is 195 Å². The number of rotatable bonds is 7. The van der Waals surface area contributed by atoms with Crippen LogP contribution in [0.3, 0.4) is 0 Å². The van der Waals surface area contributed by atoms with Crippen LogP contribution in [0, 0.1) is 25.5 Å². The summed E-state index contributed by atoms with van der Waals surface area (Å²) in [5.41, 5.74) is 2.83. The Hall–Kier alpha value is -3.96. The minimum Gasteiger partial charge on any atom is -0.485 e. The number of hydrogen-bond donors (Lipinski definition) is 0. The maximum Gasteiger partial charge on any atom is 0.490 e. The van der Waals surface area contributed by atoms with Gasteiger partial charge >= 0.3 is 12.1 Å². The van der Waals surface area contributed by atoms with Crippen molar-refractivity contribution in [2.24, 2.45) is 0 Å². The molecule has 0 aliphatic heterocycles. The zero-order valence-electron chi connectivity index (χ0n) is 18.6. The smallest absolute Gasteiger partial charge is 0.485 e. The number of pyridine rings is 1. The second kappa shape index (κ2) is 9.35. The van der Waals surface area contributed by atoms with Crippen LogP contribution in [0.5, 0.6) is 5.75 Å². The third-order valence-electron chi connectivity index (χ3n) is 5.12. The molecule has 0 amide bonds. The Morgan fingerprint density at radius 3 is 2.51 bits per heavy atom. The van der Waals surface area contributed by atoms with E-state index in [1.165, 1.54) is 16.9 Å². The highest BCUT2D eigenvalue weighted by molar-refractivity contribution is 5.75. The van der Waals surface area contributed by atoms with Gasteiger partial charge in [0.05, 0.1) is 29.7 Å². The maximum absolute atomic E-state index is 14.0. The summed E-state index contributed by atoms with van der Waals surface area (Å²) in [4.78, 5) is 15.4. The van der Waals surface area contributed by atoms with Crippen LogP contribution >= 0.6 is 0 Å². The molecule has 0 spiro atoms. The van der Waals surface area contributed by atoms with E-state index in [1.807, 2.05) is 6.92 Å². The number of fused-ring (bicyclic) bond motifs is 1. The van der Waals surface area contributed by atoms with Crippen molar-refractivity contribution in [2.75, 3.05) is 6.61 Å². The van der Waals surface area contributed by atoms with Gasteiger partial charge in [-0.3, -0.25) is 9.08 Å². The lowest BCUT2D eigenvalue weighted by atomic mass is 10.2. The van der Waals surface area contributed by atoms with Crippen molar-refractivity contribution in [3.8, 4) is 17.0 Å². The highest BCUT2D eigenvalue weighted by atomic mass is 19.4. The molecule has 0 unspecified atom stereocenters. The van der Waals surface area contributed by atoms with Crippen molar-refractivity contribution >= 4 is 11.6 Å². The SMILES string of the molecule is Cc1cc(OCc2c(F)cccc2F)c2nc(C)c(-c3cnn(CCOC(=O)C(F)(F)F)c3)n2c1. The van der Waals surface area contributed by atoms with Crippen molar-refractivity contribution in [1.82, 2.24) is 19.2 Å². The topological polar surface area (TPSA) is 70.7 Å². The summed E-state index contributed by atoms with van der Waals surface area (Å²) >= 11 is 0. The van der Waals surface area contributed by atoms with Gasteiger partial charge < -0.3 is 9.47 Å². The van der Waals surface area contributed by atoms with Crippen molar-refractivity contribution in [3.63, 3.8) is 0 Å². The first-order chi connectivity index (χ1) is 16.5. The van der Waals surface area contributed by atoms with E-state index in [9.17, 15) is 26.7 Å². The van der Waals surface area contributed by atoms with Crippen molar-refractivity contribution in [1.29, 1.82) is 0 Å². The number of hydrogen-bond acceptors (Lipinski definition) is 5. The summed E-state index contributed by atoms with van der Waals surface area (Å²) in [5, 5.41) is 4.11. The third kappa shape index (κ3) is 5.10. The summed E-state index contributed by atoms with van der Waals surface area (Å²) in [6.45, 7) is 2.63. The average Bonchev–Trinajstić information content (AvgIpc) is 3.35. The molecule has 3 aromatic heterocycles. The normalized spacial score (nSPS) is 11.7. The first-order valence-corrected chi connectivity index (χ1v) is 10.4. The largest absolute Gasteiger partial charge is 0.490 e. The van der Waals surface area contributed by atoms with Crippen LogP contribution in [0.1, 0.15) is 16.8 Å². The van der Waals surface area contributed by atoms with Gasteiger partial charge in [-0.2, -0.15) is 18.3 Å². The van der Waals surface area contributed by atoms with Gasteiger partial charge in [-0.05, 0) is 37.6 Å². The summed E-state index contributed by atoms with van der Waals surface area (Å²) < 4.78 is 77.8. The van der Waals surface area contributed by atoms with Gasteiger partial charge in [0, 0.05) is 18.0 Å². The van der Waals surface area contributed by atoms with Gasteiger partial charge in [0.1, 0.15) is 24.8 Å². The molecule has 0 bridgehead atoms. The summed E-state index contributed by atoms with van der Waals surface area (Å²) in [6.07, 6.45) is -0.183. The Kier molecular flexibility index (Phi) is 6.46. The standard InChI is InChI=1S/C23H19F5N4O3/c1-13-8-19(35-12-16-17(24)4-3-5-18(16)25)21-30-14(2)20(32(21)10-13)15-9-29-31(11-15)6-7-34-22(33)23(26,27)28/h3-5,8-11H,6-7,12H2,1-2H3. The Balaban J connectivity index is 1.58. The molecule has 4 aromatic rings. The van der Waals surface area contributed by atoms with Gasteiger partial charge in [-0.15, -0.1) is 0 Å². The molecule has 0 aliphatic rings. The molecule has 0 aliphatic carbocycles. The van der Waals surface area contributed by atoms with Gasteiger partial charge in [0.25, 0.3) is 0 Å². The van der Waals surface area contributed by atoms with Gasteiger partial charge in [0.15, 0.2) is 11.4 Å². The van der Waals surface area contributed by atoms with Gasteiger partial charge in [-0.1, -0.05) is 6.07 Å². The second-order valence-electron chi connectivity index (χ2n) is 7.74. The number of aromatic nitrogens is 4. The Morgan fingerprint density at radius 1 is 1.11 bits per heavy atom. The lowest BCUT2D eigenvalue weighted by Crippen LogP contribution is -2.26. The highest BCUT2D eigenvalue weighted by Crippen LogP contribution is 2.31. The van der Waals surface area contributed by atoms with E-state index in [1.54, 1.807) is 29.8 Å². The molecule has 0 N–H and O–H groups in total. The molecule has 184 valence electrons. The number of alkyl halides is 3. The number of esters is 1. The van der Waals surface area contributed by atoms with Crippen molar-refractivity contribution in [3.05, 3.63) is 71.3 Å². The quantitative estimate of drug-likeness (QED) is 0.273. The molecule has 12 heteroatoms. The van der Waals surface area contributed by atoms with E-state index in [2.05, 4.69) is 14.8 Å². The Bertz CT molecular complexity index is 1370. The van der Waals surface area contributed by atoms with Crippen LogP contribution < -0.4 is 4.74 Å². The zero-order chi connectivity index (χ0) is 25.3. The zero-order valence-corrected chi connectivity index (χ0v) is 18.6. The van der Waals surface area contributed by atoms with E-state index in [0.717, 1.165) is 17.7 Å². The third-order valence-corrected chi connectivity index (χ3v) is 5.12. The summed E-state index contributed by atoms with van der Waals surface area (Å²) in [7, 11) is 0. The number of imidazole rings is 1. The first-order valence-electron chi connectivity index (χ1n) is 10.4. The van der Waals surface area contributed by atoms with E-state index >= 15 is 0 Å². The molecular weight excluding hydrogens is 475 g/mol. The number of benzene rings is 1. The van der Waals surface area contributed by atoms with Crippen LogP contribution in [0.25, 0.3) is 16.9 Å². The minimum atomic E-state index is -5.06. The molecule has 35 heavy (non-hydrogen) atoms. The molecule has 7 nitrogen and oxygen atoms in total. The number of carbonyl (C=O) groups is 1. The molecule has 0 saturated carbocycles. The molecule has 0 atom stereocenters. The lowest BCUT2D eigenvalue weighted by molar-refractivity contribution is -0.199. The van der Waals surface area contributed by atoms with Crippen LogP contribution in [-0.2, 0) is 22.7 Å². The van der Waals surface area contributed by atoms with E-state index in [4.69, 9.17) is 4.74 Å². The fraction of sp³-hybridized carbons (Fsp3) is 0.261. The minimum absolute atomic E-state index is 0.0841. The Morgan fingerprint density at radius 2 is 1.83 bits per heavy atom. The predicted molar refractivity (Wildman–Crippen MR) is 114 cm³/mol. The molecule has 0 saturated heterocycles. The number of nitrogens with zero attached hydrogens (tertiary/aromatic N) is 4. The highest BCUT2D eigenvalue weighted by Gasteiger charge is 2.40. The number of carbonyl (C=O) groups excluding carboxylic acids is 1. The average molecular weight is 494 g/mol. The molecule has 0 radical (unpaired) electrons. The van der Waals surface area contributed by atoms with Gasteiger partial charge in [-0.25, -0.2) is 18.6 Å². The first kappa shape index (κ1) is 24.2. The maximum atomic E-state index is 14.0. The molecule has 4 rings (SSSR count). The van der Waals surface area contributed by atoms with E-state index < -0.39 is 30.4 Å². The molecule has 0 fully saturated rings. The van der Waals surface area contributed by atoms with Crippen LogP contribution in [-0.4, -0.2) is 37.9 Å². The monoisotopic (exact) mass is 494 g/mol.